The summed E-state index contributed by atoms with van der Waals surface area (Å²) in [6.45, 7) is 0.218. The first-order valence-corrected chi connectivity index (χ1v) is 5.13. The Balaban J connectivity index is 2.17. The molecule has 1 heterocycles. The molecule has 0 saturated carbocycles. The van der Waals surface area contributed by atoms with E-state index in [2.05, 4.69) is 16.3 Å². The molecule has 0 radical (unpaired) electrons. The summed E-state index contributed by atoms with van der Waals surface area (Å²) in [7, 11) is 0. The summed E-state index contributed by atoms with van der Waals surface area (Å²) in [6.07, 6.45) is 8.25. The number of aromatic nitrogens is 2. The molecule has 0 saturated heterocycles. The van der Waals surface area contributed by atoms with Crippen LogP contribution in [0, 0.1) is 12.3 Å². The molecule has 17 heavy (non-hydrogen) atoms. The summed E-state index contributed by atoms with van der Waals surface area (Å²) in [5, 5.41) is 6.70. The lowest BCUT2D eigenvalue weighted by atomic mass is 10.3. The molecule has 0 fully saturated rings. The van der Waals surface area contributed by atoms with Gasteiger partial charge in [0, 0.05) is 6.20 Å². The monoisotopic (exact) mass is 225 g/mol. The number of hydrogen-bond acceptors (Lipinski definition) is 2. The first-order valence-electron chi connectivity index (χ1n) is 5.13. The van der Waals surface area contributed by atoms with Crippen molar-refractivity contribution < 1.29 is 4.79 Å². The van der Waals surface area contributed by atoms with Gasteiger partial charge in [-0.25, -0.2) is 4.68 Å². The van der Waals surface area contributed by atoms with Crippen LogP contribution >= 0.6 is 0 Å². The van der Waals surface area contributed by atoms with Crippen molar-refractivity contribution in [1.29, 1.82) is 0 Å². The fraction of sp³-hybridized carbons (Fsp3) is 0.0769. The topological polar surface area (TPSA) is 46.9 Å². The zero-order chi connectivity index (χ0) is 12.1. The third kappa shape index (κ3) is 2.52. The third-order valence-corrected chi connectivity index (χ3v) is 2.22. The smallest absolute Gasteiger partial charge is 0.255 e. The van der Waals surface area contributed by atoms with Crippen molar-refractivity contribution in [3.05, 3.63) is 48.3 Å². The quantitative estimate of drug-likeness (QED) is 0.799. The molecule has 4 nitrogen and oxygen atoms in total. The normalized spacial score (nSPS) is 9.59. The van der Waals surface area contributed by atoms with E-state index >= 15 is 0 Å². The molecular weight excluding hydrogens is 214 g/mol. The van der Waals surface area contributed by atoms with Crippen LogP contribution < -0.4 is 5.32 Å². The molecule has 1 aromatic carbocycles. The molecule has 1 aromatic heterocycles. The Morgan fingerprint density at radius 3 is 2.88 bits per heavy atom. The number of nitrogens with one attached hydrogen (secondary N) is 1. The Labute approximate surface area is 99.3 Å². The second-order valence-corrected chi connectivity index (χ2v) is 3.40. The Bertz CT molecular complexity index is 552. The van der Waals surface area contributed by atoms with Gasteiger partial charge in [-0.3, -0.25) is 4.79 Å². The molecule has 0 spiro atoms. The molecule has 84 valence electrons. The van der Waals surface area contributed by atoms with Crippen LogP contribution in [0.15, 0.2) is 42.7 Å². The molecular formula is C13H11N3O. The van der Waals surface area contributed by atoms with Crippen molar-refractivity contribution >= 4 is 5.91 Å². The minimum absolute atomic E-state index is 0.217. The van der Waals surface area contributed by atoms with Gasteiger partial charge in [-0.15, -0.1) is 6.42 Å². The van der Waals surface area contributed by atoms with Crippen LogP contribution in [0.4, 0.5) is 0 Å². The highest BCUT2D eigenvalue weighted by Crippen LogP contribution is 2.07. The number of carbonyl (C=O) groups excluding carboxylic acids is 1. The van der Waals surface area contributed by atoms with Crippen molar-refractivity contribution in [3.63, 3.8) is 0 Å². The maximum absolute atomic E-state index is 11.6. The molecule has 0 aliphatic carbocycles. The van der Waals surface area contributed by atoms with E-state index in [9.17, 15) is 4.79 Å². The lowest BCUT2D eigenvalue weighted by Gasteiger charge is -1.99. The fourth-order valence-corrected chi connectivity index (χ4v) is 1.40. The molecule has 4 heteroatoms. The number of carbonyl (C=O) groups is 1. The molecule has 0 atom stereocenters. The predicted octanol–water partition coefficient (Wildman–Crippen LogP) is 1.24. The number of nitrogens with zero attached hydrogens (tertiary/aromatic N) is 2. The summed E-state index contributed by atoms with van der Waals surface area (Å²) in [5.41, 5.74) is 1.40. The predicted molar refractivity (Wildman–Crippen MR) is 64.7 cm³/mol. The number of rotatable bonds is 3. The van der Waals surface area contributed by atoms with E-state index in [-0.39, 0.29) is 12.5 Å². The van der Waals surface area contributed by atoms with Crippen LogP contribution in [0.1, 0.15) is 10.4 Å². The van der Waals surface area contributed by atoms with E-state index in [4.69, 9.17) is 6.42 Å². The molecule has 2 aromatic rings. The molecule has 1 N–H and O–H groups in total. The van der Waals surface area contributed by atoms with E-state index in [0.717, 1.165) is 5.69 Å². The van der Waals surface area contributed by atoms with Crippen LogP contribution in [0.25, 0.3) is 5.69 Å². The highest BCUT2D eigenvalue weighted by atomic mass is 16.1. The molecule has 0 unspecified atom stereocenters. The van der Waals surface area contributed by atoms with Crippen molar-refractivity contribution in [2.45, 2.75) is 0 Å². The Hall–Kier alpha value is -2.54. The van der Waals surface area contributed by atoms with Crippen molar-refractivity contribution in [2.24, 2.45) is 0 Å². The molecule has 0 bridgehead atoms. The minimum atomic E-state index is -0.217. The van der Waals surface area contributed by atoms with Crippen molar-refractivity contribution in [2.75, 3.05) is 6.54 Å². The van der Waals surface area contributed by atoms with E-state index in [1.807, 2.05) is 30.3 Å². The number of benzene rings is 1. The SMILES string of the molecule is C#CCNC(=O)c1cnn(-c2ccccc2)c1. The highest BCUT2D eigenvalue weighted by Gasteiger charge is 2.07. The Kier molecular flexibility index (Phi) is 3.22. The third-order valence-electron chi connectivity index (χ3n) is 2.22. The van der Waals surface area contributed by atoms with Crippen LogP contribution in [0.2, 0.25) is 0 Å². The fourth-order valence-electron chi connectivity index (χ4n) is 1.40. The second kappa shape index (κ2) is 4.99. The van der Waals surface area contributed by atoms with E-state index in [1.54, 1.807) is 10.9 Å². The van der Waals surface area contributed by atoms with Gasteiger partial charge in [-0.05, 0) is 12.1 Å². The largest absolute Gasteiger partial charge is 0.341 e. The maximum atomic E-state index is 11.6. The van der Waals surface area contributed by atoms with Crippen molar-refractivity contribution in [1.82, 2.24) is 15.1 Å². The summed E-state index contributed by atoms with van der Waals surface area (Å²) in [6, 6.07) is 9.57. The second-order valence-electron chi connectivity index (χ2n) is 3.40. The first kappa shape index (κ1) is 11.0. The van der Waals surface area contributed by atoms with Gasteiger partial charge in [0.2, 0.25) is 0 Å². The van der Waals surface area contributed by atoms with E-state index in [1.165, 1.54) is 6.20 Å². The van der Waals surface area contributed by atoms with Gasteiger partial charge < -0.3 is 5.32 Å². The summed E-state index contributed by atoms with van der Waals surface area (Å²) in [4.78, 5) is 11.6. The van der Waals surface area contributed by atoms with Gasteiger partial charge in [0.25, 0.3) is 5.91 Å². The van der Waals surface area contributed by atoms with Gasteiger partial charge in [0.05, 0.1) is 24.0 Å². The number of hydrogen-bond donors (Lipinski definition) is 1. The van der Waals surface area contributed by atoms with Crippen LogP contribution in [-0.4, -0.2) is 22.2 Å². The average molecular weight is 225 g/mol. The standard InChI is InChI=1S/C13H11N3O/c1-2-8-14-13(17)11-9-15-16(10-11)12-6-4-3-5-7-12/h1,3-7,9-10H,8H2,(H,14,17). The summed E-state index contributed by atoms with van der Waals surface area (Å²) < 4.78 is 1.64. The lowest BCUT2D eigenvalue weighted by molar-refractivity contribution is 0.0958. The van der Waals surface area contributed by atoms with Crippen LogP contribution in [-0.2, 0) is 0 Å². The maximum Gasteiger partial charge on any atom is 0.255 e. The Morgan fingerprint density at radius 1 is 1.41 bits per heavy atom. The van der Waals surface area contributed by atoms with Crippen LogP contribution in [0.3, 0.4) is 0 Å². The molecule has 0 aliphatic heterocycles. The van der Waals surface area contributed by atoms with E-state index < -0.39 is 0 Å². The zero-order valence-corrected chi connectivity index (χ0v) is 9.13. The number of para-hydroxylation sites is 1. The van der Waals surface area contributed by atoms with Crippen LogP contribution in [0.5, 0.6) is 0 Å². The Morgan fingerprint density at radius 2 is 2.18 bits per heavy atom. The highest BCUT2D eigenvalue weighted by molar-refractivity contribution is 5.93. The average Bonchev–Trinajstić information content (AvgIpc) is 2.86. The van der Waals surface area contributed by atoms with Gasteiger partial charge in [0.15, 0.2) is 0 Å². The number of amides is 1. The number of terminal acetylenes is 1. The van der Waals surface area contributed by atoms with Gasteiger partial charge in [-0.1, -0.05) is 24.1 Å². The van der Waals surface area contributed by atoms with Crippen molar-refractivity contribution in [3.8, 4) is 18.0 Å². The first-order chi connectivity index (χ1) is 8.31. The van der Waals surface area contributed by atoms with E-state index in [0.29, 0.717) is 5.56 Å². The van der Waals surface area contributed by atoms with Gasteiger partial charge in [-0.2, -0.15) is 5.10 Å². The minimum Gasteiger partial charge on any atom is -0.341 e. The van der Waals surface area contributed by atoms with Gasteiger partial charge in [0.1, 0.15) is 0 Å². The molecule has 2 rings (SSSR count). The molecule has 0 aliphatic rings. The molecule has 1 amide bonds. The lowest BCUT2D eigenvalue weighted by Crippen LogP contribution is -2.22. The van der Waals surface area contributed by atoms with Gasteiger partial charge >= 0.3 is 0 Å². The summed E-state index contributed by atoms with van der Waals surface area (Å²) in [5.74, 6) is 2.13. The zero-order valence-electron chi connectivity index (χ0n) is 9.13. The summed E-state index contributed by atoms with van der Waals surface area (Å²) >= 11 is 0.